The number of benzene rings is 1. The molecule has 3 N–H and O–H groups in total. The van der Waals surface area contributed by atoms with Gasteiger partial charge in [-0.05, 0) is 56.9 Å². The highest BCUT2D eigenvalue weighted by atomic mass is 16.6. The van der Waals surface area contributed by atoms with E-state index < -0.39 is 5.60 Å². The molecule has 0 unspecified atom stereocenters. The standard InChI is InChI=1S/C17H27BN2O3/c1-5-12-6-7-14(19)8-13(12)9-15(20-18-11-21)10-16(22)23-17(2,3)4/h6-8,11,15,18,20H,5,9-10,19H2,1-4H3/t15-/m0/s1. The second kappa shape index (κ2) is 8.72. The summed E-state index contributed by atoms with van der Waals surface area (Å²) in [4.78, 5) is 22.7. The van der Waals surface area contributed by atoms with Crippen LogP contribution in [0, 0.1) is 0 Å². The monoisotopic (exact) mass is 318 g/mol. The quantitative estimate of drug-likeness (QED) is 0.329. The molecule has 126 valence electrons. The molecule has 0 aromatic heterocycles. The number of hydrogen-bond donors (Lipinski definition) is 2. The van der Waals surface area contributed by atoms with Crippen molar-refractivity contribution in [3.05, 3.63) is 29.3 Å². The average molecular weight is 318 g/mol. The van der Waals surface area contributed by atoms with Crippen molar-refractivity contribution in [1.29, 1.82) is 0 Å². The van der Waals surface area contributed by atoms with Crippen molar-refractivity contribution in [2.45, 2.75) is 58.6 Å². The number of esters is 1. The first kappa shape index (κ1) is 19.2. The van der Waals surface area contributed by atoms with Gasteiger partial charge in [0.05, 0.1) is 12.6 Å². The molecule has 1 aromatic carbocycles. The summed E-state index contributed by atoms with van der Waals surface area (Å²) in [7, 11) is 0.206. The van der Waals surface area contributed by atoms with Crippen LogP contribution in [0.15, 0.2) is 18.2 Å². The van der Waals surface area contributed by atoms with E-state index in [9.17, 15) is 9.59 Å². The smallest absolute Gasteiger partial charge is 0.307 e. The minimum Gasteiger partial charge on any atom is -0.460 e. The molecule has 0 spiro atoms. The number of carbonyl (C=O) groups is 2. The van der Waals surface area contributed by atoms with Crippen molar-refractivity contribution in [2.75, 3.05) is 5.73 Å². The third-order valence-corrected chi connectivity index (χ3v) is 3.40. The zero-order valence-electron chi connectivity index (χ0n) is 14.5. The van der Waals surface area contributed by atoms with E-state index in [4.69, 9.17) is 10.5 Å². The second-order valence-corrected chi connectivity index (χ2v) is 6.65. The van der Waals surface area contributed by atoms with Crippen molar-refractivity contribution in [2.24, 2.45) is 0 Å². The number of nitrogens with two attached hydrogens (primary N) is 1. The van der Waals surface area contributed by atoms with E-state index in [0.29, 0.717) is 12.1 Å². The van der Waals surface area contributed by atoms with E-state index in [1.807, 2.05) is 39.0 Å². The van der Waals surface area contributed by atoms with Crippen molar-refractivity contribution >= 4 is 25.3 Å². The molecular weight excluding hydrogens is 291 g/mol. The molecule has 0 saturated carbocycles. The van der Waals surface area contributed by atoms with Crippen LogP contribution in [-0.4, -0.2) is 31.2 Å². The number of aryl methyl sites for hydroxylation is 1. The fourth-order valence-corrected chi connectivity index (χ4v) is 2.46. The van der Waals surface area contributed by atoms with Crippen molar-refractivity contribution in [1.82, 2.24) is 5.23 Å². The van der Waals surface area contributed by atoms with Gasteiger partial charge in [-0.25, -0.2) is 0 Å². The minimum atomic E-state index is -0.516. The highest BCUT2D eigenvalue weighted by molar-refractivity contribution is 6.64. The summed E-state index contributed by atoms with van der Waals surface area (Å²) in [5.41, 5.74) is 8.35. The number of carbonyl (C=O) groups excluding carboxylic acids is 2. The number of rotatable bonds is 8. The van der Waals surface area contributed by atoms with Gasteiger partial charge >= 0.3 is 5.97 Å². The highest BCUT2D eigenvalue weighted by Crippen LogP contribution is 2.18. The number of nitrogens with one attached hydrogen (secondary N) is 1. The van der Waals surface area contributed by atoms with Gasteiger partial charge in [-0.15, -0.1) is 0 Å². The van der Waals surface area contributed by atoms with Crippen LogP contribution in [0.25, 0.3) is 0 Å². The van der Waals surface area contributed by atoms with Gasteiger partial charge in [0.25, 0.3) is 7.41 Å². The van der Waals surface area contributed by atoms with Crippen LogP contribution in [0.3, 0.4) is 0 Å². The molecule has 1 atom stereocenters. The van der Waals surface area contributed by atoms with Gasteiger partial charge in [-0.2, -0.15) is 0 Å². The van der Waals surface area contributed by atoms with Crippen LogP contribution in [-0.2, 0) is 27.2 Å². The Balaban J connectivity index is 2.84. The normalized spacial score (nSPS) is 12.5. The Bertz CT molecular complexity index is 541. The molecule has 5 nitrogen and oxygen atoms in total. The summed E-state index contributed by atoms with van der Waals surface area (Å²) in [5, 5.41) is 3.10. The van der Waals surface area contributed by atoms with E-state index in [1.165, 1.54) is 5.56 Å². The molecule has 0 fully saturated rings. The lowest BCUT2D eigenvalue weighted by atomic mass is 9.90. The summed E-state index contributed by atoms with van der Waals surface area (Å²) >= 11 is 0. The molecule has 0 heterocycles. The Morgan fingerprint density at radius 2 is 2.09 bits per heavy atom. The lowest BCUT2D eigenvalue weighted by Gasteiger charge is -2.23. The largest absolute Gasteiger partial charge is 0.460 e. The van der Waals surface area contributed by atoms with E-state index in [0.717, 1.165) is 18.2 Å². The Morgan fingerprint density at radius 3 is 2.65 bits per heavy atom. The van der Waals surface area contributed by atoms with Crippen LogP contribution < -0.4 is 11.0 Å². The zero-order valence-corrected chi connectivity index (χ0v) is 14.5. The lowest BCUT2D eigenvalue weighted by Crippen LogP contribution is -2.38. The number of hydrogen-bond acceptors (Lipinski definition) is 5. The van der Waals surface area contributed by atoms with E-state index in [2.05, 4.69) is 12.2 Å². The third-order valence-electron chi connectivity index (χ3n) is 3.40. The van der Waals surface area contributed by atoms with E-state index in [1.54, 1.807) is 0 Å². The molecule has 0 bridgehead atoms. The molecule has 0 amide bonds. The first-order valence-electron chi connectivity index (χ1n) is 8.01. The molecule has 0 saturated heterocycles. The van der Waals surface area contributed by atoms with E-state index >= 15 is 0 Å². The van der Waals surface area contributed by atoms with Gasteiger partial charge in [0.15, 0.2) is 0 Å². The first-order valence-corrected chi connectivity index (χ1v) is 8.01. The fraction of sp³-hybridized carbons (Fsp3) is 0.529. The fourth-order valence-electron chi connectivity index (χ4n) is 2.46. The number of nitrogen functional groups attached to an aromatic ring is 1. The molecular formula is C17H27BN2O3. The van der Waals surface area contributed by atoms with Crippen LogP contribution in [0.1, 0.15) is 45.2 Å². The topological polar surface area (TPSA) is 81.4 Å². The Hall–Kier alpha value is -1.82. The van der Waals surface area contributed by atoms with E-state index in [-0.39, 0.29) is 25.8 Å². The molecule has 0 aliphatic carbocycles. The maximum absolute atomic E-state index is 12.1. The zero-order chi connectivity index (χ0) is 17.5. The lowest BCUT2D eigenvalue weighted by molar-refractivity contribution is -0.155. The molecule has 1 rings (SSSR count). The van der Waals surface area contributed by atoms with Gasteiger partial charge in [-0.1, -0.05) is 13.0 Å². The van der Waals surface area contributed by atoms with Crippen LogP contribution >= 0.6 is 0 Å². The van der Waals surface area contributed by atoms with Crippen LogP contribution in [0.2, 0.25) is 0 Å². The highest BCUT2D eigenvalue weighted by Gasteiger charge is 2.21. The molecule has 0 radical (unpaired) electrons. The molecule has 23 heavy (non-hydrogen) atoms. The first-order chi connectivity index (χ1) is 10.7. The maximum atomic E-state index is 12.1. The SMILES string of the molecule is CCc1ccc(N)cc1C[C@@H](CC(=O)OC(C)(C)C)NBC=O. The number of anilines is 1. The van der Waals surface area contributed by atoms with Gasteiger partial charge in [-0.3, -0.25) is 4.79 Å². The Kier molecular flexibility index (Phi) is 7.29. The number of ether oxygens (including phenoxy) is 1. The minimum absolute atomic E-state index is 0.165. The summed E-state index contributed by atoms with van der Waals surface area (Å²) in [6.07, 6.45) is 2.52. The Labute approximate surface area is 139 Å². The summed E-state index contributed by atoms with van der Waals surface area (Å²) < 4.78 is 5.37. The predicted molar refractivity (Wildman–Crippen MR) is 95.2 cm³/mol. The molecule has 0 aliphatic rings. The predicted octanol–water partition coefficient (Wildman–Crippen LogP) is 1.61. The van der Waals surface area contributed by atoms with Gasteiger partial charge in [0.2, 0.25) is 0 Å². The summed E-state index contributed by atoms with van der Waals surface area (Å²) in [6.45, 7) is 7.60. The maximum Gasteiger partial charge on any atom is 0.307 e. The van der Waals surface area contributed by atoms with Crippen molar-refractivity contribution in [3.63, 3.8) is 0 Å². The molecule has 0 aliphatic heterocycles. The van der Waals surface area contributed by atoms with Crippen molar-refractivity contribution in [3.8, 4) is 0 Å². The van der Waals surface area contributed by atoms with Crippen molar-refractivity contribution < 1.29 is 14.3 Å². The van der Waals surface area contributed by atoms with Gasteiger partial charge in [0.1, 0.15) is 5.60 Å². The summed E-state index contributed by atoms with van der Waals surface area (Å²) in [6, 6.07) is 5.66. The summed E-state index contributed by atoms with van der Waals surface area (Å²) in [5.74, 6) is -0.275. The van der Waals surface area contributed by atoms with Gasteiger partial charge < -0.3 is 20.5 Å². The van der Waals surface area contributed by atoms with Crippen LogP contribution in [0.5, 0.6) is 0 Å². The van der Waals surface area contributed by atoms with Gasteiger partial charge in [0, 0.05) is 11.7 Å². The average Bonchev–Trinajstić information content (AvgIpc) is 2.43. The molecule has 1 aromatic rings. The van der Waals surface area contributed by atoms with Crippen LogP contribution in [0.4, 0.5) is 5.69 Å². The third kappa shape index (κ3) is 7.33. The second-order valence-electron chi connectivity index (χ2n) is 6.65. The molecule has 6 heteroatoms. The Morgan fingerprint density at radius 1 is 1.39 bits per heavy atom.